The van der Waals surface area contributed by atoms with Crippen LogP contribution in [0.3, 0.4) is 0 Å². The molecule has 0 bridgehead atoms. The molecule has 1 aliphatic carbocycles. The molecule has 6 rings (SSSR count). The Labute approximate surface area is 201 Å². The van der Waals surface area contributed by atoms with Crippen LogP contribution in [0.4, 0.5) is 5.69 Å². The van der Waals surface area contributed by atoms with Gasteiger partial charge in [0, 0.05) is 17.9 Å². The summed E-state index contributed by atoms with van der Waals surface area (Å²) in [5.74, 6) is 0.527. The van der Waals surface area contributed by atoms with E-state index in [1.165, 1.54) is 46.5 Å². The molecular weight excluding hydrogens is 420 g/mol. The first-order chi connectivity index (χ1) is 16.8. The number of hydrogen-bond acceptors (Lipinski definition) is 3. The monoisotopic (exact) mass is 450 g/mol. The maximum absolute atomic E-state index is 6.96. The molecule has 34 heavy (non-hydrogen) atoms. The predicted octanol–water partition coefficient (Wildman–Crippen LogP) is 6.56. The van der Waals surface area contributed by atoms with Crippen LogP contribution in [-0.4, -0.2) is 11.8 Å². The SMILES string of the molecule is COn1c(C)c2c(c1C1CC1)[C@@H](c1ccccc1)N(c1ccccc1)O[C@@H](c1ccccc1)C2. The zero-order valence-electron chi connectivity index (χ0n) is 19.7. The number of benzene rings is 3. The minimum absolute atomic E-state index is 0.0713. The highest BCUT2D eigenvalue weighted by Crippen LogP contribution is 2.51. The van der Waals surface area contributed by atoms with Crippen LogP contribution in [0.2, 0.25) is 0 Å². The molecule has 0 spiro atoms. The number of aromatic nitrogens is 1. The average Bonchev–Trinajstić information content (AvgIpc) is 3.72. The summed E-state index contributed by atoms with van der Waals surface area (Å²) < 4.78 is 2.09. The van der Waals surface area contributed by atoms with Crippen molar-refractivity contribution in [1.29, 1.82) is 0 Å². The number of hydroxylamine groups is 1. The van der Waals surface area contributed by atoms with E-state index in [-0.39, 0.29) is 12.1 Å². The van der Waals surface area contributed by atoms with E-state index in [1.54, 1.807) is 7.11 Å². The van der Waals surface area contributed by atoms with Crippen LogP contribution < -0.4 is 9.90 Å². The molecule has 4 aromatic rings. The second-order valence-corrected chi connectivity index (χ2v) is 9.30. The molecule has 1 aliphatic heterocycles. The molecule has 1 fully saturated rings. The van der Waals surface area contributed by atoms with Crippen LogP contribution in [0.1, 0.15) is 64.5 Å². The Bertz CT molecular complexity index is 1260. The highest BCUT2D eigenvalue weighted by Gasteiger charge is 2.42. The fourth-order valence-corrected chi connectivity index (χ4v) is 5.41. The Hall–Kier alpha value is -3.50. The molecule has 2 atom stereocenters. The van der Waals surface area contributed by atoms with E-state index in [0.717, 1.165) is 12.1 Å². The summed E-state index contributed by atoms with van der Waals surface area (Å²) in [6.45, 7) is 2.19. The van der Waals surface area contributed by atoms with Crippen molar-refractivity contribution in [2.75, 3.05) is 12.2 Å². The van der Waals surface area contributed by atoms with Crippen LogP contribution in [0.25, 0.3) is 0 Å². The van der Waals surface area contributed by atoms with E-state index in [0.29, 0.717) is 5.92 Å². The predicted molar refractivity (Wildman–Crippen MR) is 135 cm³/mol. The van der Waals surface area contributed by atoms with Gasteiger partial charge in [-0.3, -0.25) is 4.84 Å². The third-order valence-corrected chi connectivity index (χ3v) is 7.14. The van der Waals surface area contributed by atoms with Gasteiger partial charge in [-0.15, -0.1) is 0 Å². The number of rotatable bonds is 5. The molecule has 2 aliphatic rings. The van der Waals surface area contributed by atoms with Gasteiger partial charge >= 0.3 is 0 Å². The van der Waals surface area contributed by atoms with E-state index in [4.69, 9.17) is 9.68 Å². The standard InChI is InChI=1S/C30H30N2O2/c1-21-26-20-27(22-12-6-3-7-13-22)34-32(25-16-10-5-11-17-25)30(23-14-8-4-9-15-23)28(26)29(24-18-19-24)31(21)33-2/h3-17,24,27,30H,18-20H2,1-2H3/t27-,30-/m1/s1. The van der Waals surface area contributed by atoms with E-state index >= 15 is 0 Å². The molecule has 4 nitrogen and oxygen atoms in total. The topological polar surface area (TPSA) is 26.6 Å². The maximum Gasteiger partial charge on any atom is 0.115 e. The third-order valence-electron chi connectivity index (χ3n) is 7.14. The summed E-state index contributed by atoms with van der Waals surface area (Å²) in [5, 5.41) is 2.14. The van der Waals surface area contributed by atoms with Crippen LogP contribution in [0.5, 0.6) is 0 Å². The van der Waals surface area contributed by atoms with Gasteiger partial charge in [0.15, 0.2) is 0 Å². The normalized spacial score (nSPS) is 20.0. The lowest BCUT2D eigenvalue weighted by molar-refractivity contribution is 0.0256. The largest absolute Gasteiger partial charge is 0.417 e. The van der Waals surface area contributed by atoms with Crippen LogP contribution >= 0.6 is 0 Å². The van der Waals surface area contributed by atoms with Crippen molar-refractivity contribution >= 4 is 5.69 Å². The van der Waals surface area contributed by atoms with Crippen molar-refractivity contribution in [3.63, 3.8) is 0 Å². The molecule has 4 heteroatoms. The van der Waals surface area contributed by atoms with Crippen molar-refractivity contribution < 1.29 is 9.68 Å². The van der Waals surface area contributed by atoms with Crippen molar-refractivity contribution in [3.05, 3.63) is 125 Å². The van der Waals surface area contributed by atoms with Gasteiger partial charge in [0.1, 0.15) is 19.3 Å². The smallest absolute Gasteiger partial charge is 0.115 e. The lowest BCUT2D eigenvalue weighted by Gasteiger charge is -2.34. The van der Waals surface area contributed by atoms with Gasteiger partial charge < -0.3 is 4.84 Å². The summed E-state index contributed by atoms with van der Waals surface area (Å²) in [5.41, 5.74) is 8.62. The van der Waals surface area contributed by atoms with Crippen LogP contribution in [0, 0.1) is 6.92 Å². The summed E-state index contributed by atoms with van der Waals surface area (Å²) in [6.07, 6.45) is 3.10. The Morgan fingerprint density at radius 3 is 1.97 bits per heavy atom. The van der Waals surface area contributed by atoms with E-state index in [2.05, 4.69) is 108 Å². The van der Waals surface area contributed by atoms with Crippen molar-refractivity contribution in [2.45, 2.75) is 44.2 Å². The summed E-state index contributed by atoms with van der Waals surface area (Å²) in [6, 6.07) is 31.8. The van der Waals surface area contributed by atoms with Crippen LogP contribution in [-0.2, 0) is 11.3 Å². The Balaban J connectivity index is 1.63. The van der Waals surface area contributed by atoms with Crippen LogP contribution in [0.15, 0.2) is 91.0 Å². The molecular formula is C30H30N2O2. The Morgan fingerprint density at radius 1 is 0.794 bits per heavy atom. The van der Waals surface area contributed by atoms with Gasteiger partial charge in [0.25, 0.3) is 0 Å². The van der Waals surface area contributed by atoms with E-state index in [1.807, 2.05) is 0 Å². The fourth-order valence-electron chi connectivity index (χ4n) is 5.41. The zero-order chi connectivity index (χ0) is 23.1. The molecule has 0 unspecified atom stereocenters. The Kier molecular flexibility index (Phi) is 5.39. The van der Waals surface area contributed by atoms with Gasteiger partial charge in [-0.05, 0) is 48.6 Å². The lowest BCUT2D eigenvalue weighted by Crippen LogP contribution is -2.31. The van der Waals surface area contributed by atoms with Gasteiger partial charge in [0.05, 0.1) is 17.1 Å². The third kappa shape index (κ3) is 3.59. The van der Waals surface area contributed by atoms with Crippen molar-refractivity contribution in [3.8, 4) is 0 Å². The molecule has 0 amide bonds. The summed E-state index contributed by atoms with van der Waals surface area (Å²) in [4.78, 5) is 13.0. The van der Waals surface area contributed by atoms with Gasteiger partial charge in [-0.1, -0.05) is 78.9 Å². The van der Waals surface area contributed by atoms with E-state index in [9.17, 15) is 0 Å². The van der Waals surface area contributed by atoms with Crippen molar-refractivity contribution in [2.24, 2.45) is 0 Å². The number of anilines is 1. The van der Waals surface area contributed by atoms with Gasteiger partial charge in [0.2, 0.25) is 0 Å². The lowest BCUT2D eigenvalue weighted by atomic mass is 9.90. The minimum Gasteiger partial charge on any atom is -0.417 e. The molecule has 0 radical (unpaired) electrons. The fraction of sp³-hybridized carbons (Fsp3) is 0.267. The quantitative estimate of drug-likeness (QED) is 0.345. The number of nitrogens with zero attached hydrogens (tertiary/aromatic N) is 2. The first-order valence-electron chi connectivity index (χ1n) is 12.2. The van der Waals surface area contributed by atoms with E-state index < -0.39 is 0 Å². The number of hydrogen-bond donors (Lipinski definition) is 0. The minimum atomic E-state index is -0.104. The zero-order valence-corrected chi connectivity index (χ0v) is 19.7. The highest BCUT2D eigenvalue weighted by atomic mass is 16.7. The molecule has 3 aromatic carbocycles. The Morgan fingerprint density at radius 2 is 1.38 bits per heavy atom. The molecule has 1 saturated carbocycles. The second-order valence-electron chi connectivity index (χ2n) is 9.30. The highest BCUT2D eigenvalue weighted by molar-refractivity contribution is 5.56. The summed E-state index contributed by atoms with van der Waals surface area (Å²) >= 11 is 0. The second kappa shape index (κ2) is 8.69. The first kappa shape index (κ1) is 21.1. The molecule has 2 heterocycles. The molecule has 0 saturated heterocycles. The molecule has 1 aromatic heterocycles. The average molecular weight is 451 g/mol. The summed E-state index contributed by atoms with van der Waals surface area (Å²) in [7, 11) is 1.79. The number of fused-ring (bicyclic) bond motifs is 1. The first-order valence-corrected chi connectivity index (χ1v) is 12.2. The van der Waals surface area contributed by atoms with Gasteiger partial charge in [-0.25, -0.2) is 5.06 Å². The molecule has 0 N–H and O–H groups in total. The van der Waals surface area contributed by atoms with Gasteiger partial charge in [-0.2, -0.15) is 4.73 Å². The number of para-hydroxylation sites is 1. The van der Waals surface area contributed by atoms with Crippen molar-refractivity contribution in [1.82, 2.24) is 4.73 Å². The molecule has 172 valence electrons. The maximum atomic E-state index is 6.96.